The first-order chi connectivity index (χ1) is 16.5. The Hall–Kier alpha value is -2.46. The number of likely N-dealkylation sites (N-methyl/N-ethyl adjacent to an activating group) is 1. The van der Waals surface area contributed by atoms with Gasteiger partial charge in [-0.25, -0.2) is 12.7 Å². The smallest absolute Gasteiger partial charge is 0.243 e. The maximum atomic E-state index is 13.2. The van der Waals surface area contributed by atoms with E-state index in [0.717, 1.165) is 38.3 Å². The predicted octanol–water partition coefficient (Wildman–Crippen LogP) is 2.88. The summed E-state index contributed by atoms with van der Waals surface area (Å²) >= 11 is 0. The molecule has 8 nitrogen and oxygen atoms in total. The number of ether oxygens (including phenoxy) is 1. The Bertz CT molecular complexity index is 1140. The summed E-state index contributed by atoms with van der Waals surface area (Å²) in [5.41, 5.74) is 4.54. The number of amides is 1. The van der Waals surface area contributed by atoms with Crippen LogP contribution in [0, 0.1) is 13.8 Å². The predicted molar refractivity (Wildman–Crippen MR) is 140 cm³/mol. The number of benzene rings is 2. The standard InChI is InChI=1S/C26H38N4O4S/c1-19-15-24(34-6)16-20(2)26(19)35(32,33)29(5)11-10-25(31)27-23-8-7-22-18-30(14-13-28(3)4)12-9-21(22)17-23/h7-8,15-17H,9-14,18H2,1-6H3,(H,27,31). The third-order valence-electron chi connectivity index (χ3n) is 6.44. The number of carbonyl (C=O) groups excluding carboxylic acids is 1. The molecule has 0 saturated heterocycles. The lowest BCUT2D eigenvalue weighted by atomic mass is 9.99. The molecular weight excluding hydrogens is 464 g/mol. The second kappa shape index (κ2) is 11.5. The van der Waals surface area contributed by atoms with E-state index < -0.39 is 10.0 Å². The van der Waals surface area contributed by atoms with Crippen molar-refractivity contribution in [1.82, 2.24) is 14.1 Å². The zero-order valence-corrected chi connectivity index (χ0v) is 22.5. The monoisotopic (exact) mass is 502 g/mol. The molecule has 3 rings (SSSR count). The lowest BCUT2D eigenvalue weighted by Gasteiger charge is -2.30. The van der Waals surface area contributed by atoms with Gasteiger partial charge in [0.25, 0.3) is 0 Å². The van der Waals surface area contributed by atoms with E-state index in [0.29, 0.717) is 16.9 Å². The number of sulfonamides is 1. The van der Waals surface area contributed by atoms with Crippen LogP contribution in [0.1, 0.15) is 28.7 Å². The van der Waals surface area contributed by atoms with Crippen molar-refractivity contribution in [3.8, 4) is 5.75 Å². The first-order valence-electron chi connectivity index (χ1n) is 11.9. The summed E-state index contributed by atoms with van der Waals surface area (Å²) in [6.07, 6.45) is 1.02. The van der Waals surface area contributed by atoms with Crippen molar-refractivity contribution in [2.24, 2.45) is 0 Å². The van der Waals surface area contributed by atoms with E-state index in [2.05, 4.69) is 35.3 Å². The number of anilines is 1. The normalized spacial score (nSPS) is 14.3. The van der Waals surface area contributed by atoms with Gasteiger partial charge in [-0.05, 0) is 80.9 Å². The summed E-state index contributed by atoms with van der Waals surface area (Å²) in [5, 5.41) is 2.93. The highest BCUT2D eigenvalue weighted by molar-refractivity contribution is 7.89. The minimum atomic E-state index is -3.73. The highest BCUT2D eigenvalue weighted by Crippen LogP contribution is 2.28. The largest absolute Gasteiger partial charge is 0.497 e. The van der Waals surface area contributed by atoms with E-state index in [-0.39, 0.29) is 23.8 Å². The van der Waals surface area contributed by atoms with Crippen LogP contribution in [0.25, 0.3) is 0 Å². The summed E-state index contributed by atoms with van der Waals surface area (Å²) in [5.74, 6) is 0.408. The van der Waals surface area contributed by atoms with Gasteiger partial charge < -0.3 is 15.0 Å². The molecule has 0 saturated carbocycles. The number of carbonyl (C=O) groups is 1. The van der Waals surface area contributed by atoms with Crippen molar-refractivity contribution in [3.63, 3.8) is 0 Å². The maximum absolute atomic E-state index is 13.2. The first kappa shape index (κ1) is 27.1. The molecule has 0 aliphatic carbocycles. The average molecular weight is 503 g/mol. The van der Waals surface area contributed by atoms with Gasteiger partial charge in [-0.1, -0.05) is 6.07 Å². The van der Waals surface area contributed by atoms with Crippen molar-refractivity contribution >= 4 is 21.6 Å². The van der Waals surface area contributed by atoms with Crippen LogP contribution in [0.2, 0.25) is 0 Å². The van der Waals surface area contributed by atoms with Gasteiger partial charge in [0.15, 0.2) is 0 Å². The van der Waals surface area contributed by atoms with Gasteiger partial charge in [-0.3, -0.25) is 9.69 Å². The van der Waals surface area contributed by atoms with Gasteiger partial charge in [0, 0.05) is 51.9 Å². The Morgan fingerprint density at radius 1 is 1.06 bits per heavy atom. The van der Waals surface area contributed by atoms with E-state index >= 15 is 0 Å². The number of nitrogens with zero attached hydrogens (tertiary/aromatic N) is 3. The minimum Gasteiger partial charge on any atom is -0.497 e. The zero-order chi connectivity index (χ0) is 25.8. The molecule has 0 unspecified atom stereocenters. The summed E-state index contributed by atoms with van der Waals surface area (Å²) in [6.45, 7) is 7.59. The fourth-order valence-corrected chi connectivity index (χ4v) is 5.99. The van der Waals surface area contributed by atoms with Crippen LogP contribution in [0.3, 0.4) is 0 Å². The molecule has 2 aromatic carbocycles. The van der Waals surface area contributed by atoms with Crippen molar-refractivity contribution < 1.29 is 17.9 Å². The van der Waals surface area contributed by atoms with Gasteiger partial charge in [0.05, 0.1) is 12.0 Å². The second-order valence-corrected chi connectivity index (χ2v) is 11.5. The molecule has 1 aliphatic rings. The topological polar surface area (TPSA) is 82.2 Å². The quantitative estimate of drug-likeness (QED) is 0.538. The summed E-state index contributed by atoms with van der Waals surface area (Å²) in [6, 6.07) is 9.46. The van der Waals surface area contributed by atoms with Crippen LogP contribution in [-0.4, -0.2) is 82.9 Å². The van der Waals surface area contributed by atoms with Gasteiger partial charge in [0.1, 0.15) is 5.75 Å². The lowest BCUT2D eigenvalue weighted by molar-refractivity contribution is -0.116. The van der Waals surface area contributed by atoms with Crippen molar-refractivity contribution in [3.05, 3.63) is 52.6 Å². The van der Waals surface area contributed by atoms with Crippen molar-refractivity contribution in [1.29, 1.82) is 0 Å². The average Bonchev–Trinajstić information content (AvgIpc) is 2.80. The van der Waals surface area contributed by atoms with E-state index in [1.807, 2.05) is 12.1 Å². The molecule has 35 heavy (non-hydrogen) atoms. The number of fused-ring (bicyclic) bond motifs is 1. The lowest BCUT2D eigenvalue weighted by Crippen LogP contribution is -2.35. The van der Waals surface area contributed by atoms with E-state index in [4.69, 9.17) is 4.74 Å². The van der Waals surface area contributed by atoms with Crippen LogP contribution in [0.5, 0.6) is 5.75 Å². The molecule has 1 amide bonds. The third kappa shape index (κ3) is 6.82. The number of methoxy groups -OCH3 is 1. The fourth-order valence-electron chi connectivity index (χ4n) is 4.42. The molecule has 0 radical (unpaired) electrons. The molecular formula is C26H38N4O4S. The minimum absolute atomic E-state index is 0.0688. The molecule has 0 aromatic heterocycles. The molecule has 0 fully saturated rings. The van der Waals surface area contributed by atoms with Crippen LogP contribution in [0.4, 0.5) is 5.69 Å². The Labute approximate surface area is 209 Å². The molecule has 1 aliphatic heterocycles. The van der Waals surface area contributed by atoms with Gasteiger partial charge >= 0.3 is 0 Å². The number of hydrogen-bond donors (Lipinski definition) is 1. The van der Waals surface area contributed by atoms with Gasteiger partial charge in [-0.15, -0.1) is 0 Å². The Kier molecular flexibility index (Phi) is 8.93. The Morgan fingerprint density at radius 3 is 2.37 bits per heavy atom. The van der Waals surface area contributed by atoms with Crippen molar-refractivity contribution in [2.75, 3.05) is 59.7 Å². The van der Waals surface area contributed by atoms with E-state index in [1.54, 1.807) is 33.1 Å². The molecule has 9 heteroatoms. The second-order valence-electron chi connectivity index (χ2n) is 9.53. The number of nitrogens with one attached hydrogen (secondary N) is 1. The molecule has 0 spiro atoms. The molecule has 0 atom stereocenters. The summed E-state index contributed by atoms with van der Waals surface area (Å²) < 4.78 is 32.8. The first-order valence-corrected chi connectivity index (χ1v) is 13.4. The molecule has 1 N–H and O–H groups in total. The van der Waals surface area contributed by atoms with Crippen LogP contribution >= 0.6 is 0 Å². The maximum Gasteiger partial charge on any atom is 0.243 e. The molecule has 1 heterocycles. The SMILES string of the molecule is COc1cc(C)c(S(=O)(=O)N(C)CCC(=O)Nc2ccc3c(c2)CCN(CCN(C)C)C3)c(C)c1. The molecule has 192 valence electrons. The number of rotatable bonds is 10. The highest BCUT2D eigenvalue weighted by atomic mass is 32.2. The van der Waals surface area contributed by atoms with Crippen LogP contribution in [0.15, 0.2) is 35.2 Å². The Morgan fingerprint density at radius 2 is 1.74 bits per heavy atom. The fraction of sp³-hybridized carbons (Fsp3) is 0.500. The highest BCUT2D eigenvalue weighted by Gasteiger charge is 2.26. The summed E-state index contributed by atoms with van der Waals surface area (Å²) in [7, 11) is 3.50. The Balaban J connectivity index is 1.58. The van der Waals surface area contributed by atoms with Crippen LogP contribution < -0.4 is 10.1 Å². The van der Waals surface area contributed by atoms with Gasteiger partial charge in [-0.2, -0.15) is 0 Å². The van der Waals surface area contributed by atoms with Crippen LogP contribution in [-0.2, 0) is 27.8 Å². The van der Waals surface area contributed by atoms with E-state index in [9.17, 15) is 13.2 Å². The van der Waals surface area contributed by atoms with Gasteiger partial charge in [0.2, 0.25) is 15.9 Å². The number of aryl methyl sites for hydroxylation is 2. The number of hydrogen-bond acceptors (Lipinski definition) is 6. The summed E-state index contributed by atoms with van der Waals surface area (Å²) in [4.78, 5) is 17.5. The molecule has 0 bridgehead atoms. The third-order valence-corrected chi connectivity index (χ3v) is 8.60. The zero-order valence-electron chi connectivity index (χ0n) is 21.7. The molecule has 2 aromatic rings. The van der Waals surface area contributed by atoms with Crippen molar-refractivity contribution in [2.45, 2.75) is 38.1 Å². The van der Waals surface area contributed by atoms with E-state index in [1.165, 1.54) is 22.5 Å².